The molecule has 0 aromatic heterocycles. The van der Waals surface area contributed by atoms with Crippen LogP contribution in [0, 0.1) is 0 Å². The Bertz CT molecular complexity index is 8.00. The van der Waals surface area contributed by atoms with Crippen molar-refractivity contribution >= 4 is 18.9 Å². The van der Waals surface area contributed by atoms with Crippen LogP contribution in [-0.2, 0) is 41.2 Å². The van der Waals surface area contributed by atoms with Crippen molar-refractivity contribution in [1.29, 1.82) is 0 Å². The summed E-state index contributed by atoms with van der Waals surface area (Å²) in [5.74, 6) is 0. The maximum Gasteiger partial charge on any atom is 0 e. The Balaban J connectivity index is 0. The molecule has 0 atom stereocenters. The van der Waals surface area contributed by atoms with E-state index in [0.29, 0.717) is 0 Å². The molecule has 4 heavy (non-hydrogen) atoms. The number of hydrogen-bond acceptors (Lipinski definition) is 0. The van der Waals surface area contributed by atoms with Gasteiger partial charge in [-0.2, -0.15) is 0 Å². The molecule has 0 aliphatic rings. The van der Waals surface area contributed by atoms with E-state index in [1.807, 2.05) is 0 Å². The zero-order valence-electron chi connectivity index (χ0n) is 2.71. The van der Waals surface area contributed by atoms with E-state index >= 15 is 0 Å². The maximum atomic E-state index is 0. The molecule has 0 fully saturated rings. The number of rotatable bonds is 0. The Labute approximate surface area is 65.0 Å². The van der Waals surface area contributed by atoms with Crippen LogP contribution in [0.1, 0.15) is 0 Å². The van der Waals surface area contributed by atoms with Gasteiger partial charge in [-0.3, -0.25) is 0 Å². The van der Waals surface area contributed by atoms with Crippen molar-refractivity contribution in [2.24, 2.45) is 0 Å². The van der Waals surface area contributed by atoms with E-state index in [1.165, 1.54) is 0 Å². The molecule has 0 saturated heterocycles. The molecule has 0 spiro atoms. The predicted molar refractivity (Wildman–Crippen MR) is 9.37 cm³/mol. The van der Waals surface area contributed by atoms with Crippen molar-refractivity contribution in [2.75, 3.05) is 0 Å². The molecule has 0 aliphatic heterocycles. The van der Waals surface area contributed by atoms with Crippen LogP contribution < -0.4 is 0 Å². The standard InChI is InChI=1S/Li.H2O.Ti.Zn/h;1H2;;. The minimum Gasteiger partial charge on any atom is -0.412 e. The molecule has 0 heterocycles. The Kier molecular flexibility index (Phi) is 203. The van der Waals surface area contributed by atoms with Crippen LogP contribution in [0.15, 0.2) is 0 Å². The summed E-state index contributed by atoms with van der Waals surface area (Å²) in [7, 11) is 0. The van der Waals surface area contributed by atoms with Crippen molar-refractivity contribution in [1.82, 2.24) is 0 Å². The smallest absolute Gasteiger partial charge is 0 e. The van der Waals surface area contributed by atoms with Crippen molar-refractivity contribution in [3.8, 4) is 0 Å². The first kappa shape index (κ1) is 39.3. The summed E-state index contributed by atoms with van der Waals surface area (Å²) in [6.07, 6.45) is 0. The van der Waals surface area contributed by atoms with Crippen LogP contribution in [0.25, 0.3) is 0 Å². The molecule has 0 rings (SSSR count). The molecule has 15 valence electrons. The van der Waals surface area contributed by atoms with Gasteiger partial charge in [0.25, 0.3) is 0 Å². The Morgan fingerprint density at radius 1 is 1.00 bits per heavy atom. The second kappa shape index (κ2) is 20.7. The summed E-state index contributed by atoms with van der Waals surface area (Å²) in [5, 5.41) is 0. The summed E-state index contributed by atoms with van der Waals surface area (Å²) in [6, 6.07) is 0. The fourth-order valence-corrected chi connectivity index (χ4v) is 0. The average Bonchev–Trinajstić information content (AvgIpc) is 0. The second-order valence-corrected chi connectivity index (χ2v) is 0. The molecule has 4 heteroatoms. The topological polar surface area (TPSA) is 31.5 Å². The van der Waals surface area contributed by atoms with E-state index in [1.54, 1.807) is 0 Å². The van der Waals surface area contributed by atoms with Gasteiger partial charge in [0, 0.05) is 60.1 Å². The normalized spacial score (nSPS) is 0. The first-order valence-electron chi connectivity index (χ1n) is 0. The second-order valence-electron chi connectivity index (χ2n) is 0. The predicted octanol–water partition coefficient (Wildman–Crippen LogP) is -1.21. The molecule has 0 aromatic carbocycles. The first-order valence-corrected chi connectivity index (χ1v) is 0. The Morgan fingerprint density at radius 3 is 1.00 bits per heavy atom. The third kappa shape index (κ3) is 9.09. The van der Waals surface area contributed by atoms with Crippen LogP contribution in [-0.4, -0.2) is 24.3 Å². The molecule has 0 unspecified atom stereocenters. The quantitative estimate of drug-likeness (QED) is 0.376. The largest absolute Gasteiger partial charge is 0.412 e. The van der Waals surface area contributed by atoms with Gasteiger partial charge in [-0.15, -0.1) is 0 Å². The van der Waals surface area contributed by atoms with Crippen molar-refractivity contribution < 1.29 is 46.7 Å². The van der Waals surface area contributed by atoms with Gasteiger partial charge in [0.05, 0.1) is 0 Å². The Hall–Kier alpha value is 1.90. The molecular formula is H2LiOTiZn. The van der Waals surface area contributed by atoms with Crippen molar-refractivity contribution in [2.45, 2.75) is 0 Å². The van der Waals surface area contributed by atoms with E-state index in [-0.39, 0.29) is 65.5 Å². The fourth-order valence-electron chi connectivity index (χ4n) is 0. The van der Waals surface area contributed by atoms with E-state index in [0.717, 1.165) is 0 Å². The van der Waals surface area contributed by atoms with E-state index in [9.17, 15) is 0 Å². The third-order valence-electron chi connectivity index (χ3n) is 0. The maximum absolute atomic E-state index is 0. The Morgan fingerprint density at radius 2 is 1.00 bits per heavy atom. The van der Waals surface area contributed by atoms with Crippen LogP contribution >= 0.6 is 0 Å². The summed E-state index contributed by atoms with van der Waals surface area (Å²) < 4.78 is 0. The molecule has 2 N–H and O–H groups in total. The van der Waals surface area contributed by atoms with Gasteiger partial charge < -0.3 is 5.48 Å². The van der Waals surface area contributed by atoms with Gasteiger partial charge >= 0.3 is 0 Å². The fraction of sp³-hybridized carbons (Fsp3) is 0. The molecule has 0 saturated carbocycles. The minimum absolute atomic E-state index is 0. The van der Waals surface area contributed by atoms with Gasteiger partial charge in [0.2, 0.25) is 0 Å². The molecule has 0 bridgehead atoms. The van der Waals surface area contributed by atoms with Crippen molar-refractivity contribution in [3.63, 3.8) is 0 Å². The minimum atomic E-state index is 0. The van der Waals surface area contributed by atoms with Crippen LogP contribution in [0.4, 0.5) is 0 Å². The molecule has 0 amide bonds. The van der Waals surface area contributed by atoms with Crippen LogP contribution in [0.2, 0.25) is 0 Å². The van der Waals surface area contributed by atoms with Gasteiger partial charge in [-0.05, 0) is 0 Å². The first-order chi connectivity index (χ1) is 0. The molecule has 0 aromatic rings. The average molecular weight is 138 g/mol. The van der Waals surface area contributed by atoms with Gasteiger partial charge in [-0.1, -0.05) is 0 Å². The van der Waals surface area contributed by atoms with E-state index in [4.69, 9.17) is 0 Å². The number of hydrogen-bond donors (Lipinski definition) is 0. The zero-order valence-corrected chi connectivity index (χ0v) is 7.24. The SMILES string of the molecule is O.[Li].[Ti].[Zn]. The van der Waals surface area contributed by atoms with Gasteiger partial charge in [0.15, 0.2) is 0 Å². The molecule has 1 radical (unpaired) electrons. The summed E-state index contributed by atoms with van der Waals surface area (Å²) in [5.41, 5.74) is 0. The van der Waals surface area contributed by atoms with E-state index in [2.05, 4.69) is 0 Å². The monoisotopic (exact) mass is 137 g/mol. The molecule has 0 aliphatic carbocycles. The van der Waals surface area contributed by atoms with Crippen LogP contribution in [0.5, 0.6) is 0 Å². The van der Waals surface area contributed by atoms with Crippen LogP contribution in [0.3, 0.4) is 0 Å². The van der Waals surface area contributed by atoms with Gasteiger partial charge in [-0.25, -0.2) is 0 Å². The summed E-state index contributed by atoms with van der Waals surface area (Å²) in [6.45, 7) is 0. The summed E-state index contributed by atoms with van der Waals surface area (Å²) in [4.78, 5) is 0. The van der Waals surface area contributed by atoms with Gasteiger partial charge in [0.1, 0.15) is 0 Å². The third-order valence-corrected chi connectivity index (χ3v) is 0. The zero-order chi connectivity index (χ0) is 0. The molecule has 1 nitrogen and oxygen atoms in total. The van der Waals surface area contributed by atoms with E-state index < -0.39 is 0 Å². The van der Waals surface area contributed by atoms with Crippen molar-refractivity contribution in [3.05, 3.63) is 0 Å². The molecular weight excluding hydrogens is 136 g/mol. The summed E-state index contributed by atoms with van der Waals surface area (Å²) >= 11 is 0.